The molecule has 1 amide bonds. The zero-order chi connectivity index (χ0) is 15.9. The highest BCUT2D eigenvalue weighted by atomic mass is 16.5. The summed E-state index contributed by atoms with van der Waals surface area (Å²) in [5, 5.41) is 2.56. The monoisotopic (exact) mass is 301 g/mol. The Kier molecular flexibility index (Phi) is 5.19. The Labute approximate surface area is 129 Å². The molecule has 0 saturated carbocycles. The summed E-state index contributed by atoms with van der Waals surface area (Å²) in [4.78, 5) is 15.6. The number of nitrogens with two attached hydrogens (primary N) is 1. The van der Waals surface area contributed by atoms with Crippen LogP contribution in [0.15, 0.2) is 42.6 Å². The lowest BCUT2D eigenvalue weighted by molar-refractivity contribution is 0.147. The molecule has 22 heavy (non-hydrogen) atoms. The lowest BCUT2D eigenvalue weighted by Crippen LogP contribution is -2.17. The van der Waals surface area contributed by atoms with E-state index in [9.17, 15) is 4.79 Å². The van der Waals surface area contributed by atoms with Crippen molar-refractivity contribution in [3.8, 4) is 11.5 Å². The quantitative estimate of drug-likeness (QED) is 0.823. The van der Waals surface area contributed by atoms with Gasteiger partial charge >= 0.3 is 6.09 Å². The highest BCUT2D eigenvalue weighted by Crippen LogP contribution is 2.23. The molecule has 0 radical (unpaired) electrons. The molecule has 1 aromatic carbocycles. The normalized spacial score (nSPS) is 10.3. The number of rotatable bonds is 5. The van der Waals surface area contributed by atoms with Crippen molar-refractivity contribution >= 4 is 17.6 Å². The van der Waals surface area contributed by atoms with E-state index in [2.05, 4.69) is 10.3 Å². The highest BCUT2D eigenvalue weighted by molar-refractivity contribution is 5.83. The number of amides is 1. The maximum Gasteiger partial charge on any atom is 0.412 e. The fraction of sp³-hybridized carbons (Fsp3) is 0.250. The van der Waals surface area contributed by atoms with Gasteiger partial charge in [-0.15, -0.1) is 0 Å². The van der Waals surface area contributed by atoms with Crippen LogP contribution in [0.4, 0.5) is 16.3 Å². The molecule has 0 unspecified atom stereocenters. The number of aromatic nitrogens is 1. The van der Waals surface area contributed by atoms with Crippen LogP contribution in [0.2, 0.25) is 0 Å². The molecule has 0 saturated heterocycles. The smallest absolute Gasteiger partial charge is 0.412 e. The van der Waals surface area contributed by atoms with E-state index >= 15 is 0 Å². The van der Waals surface area contributed by atoms with E-state index in [1.807, 2.05) is 13.8 Å². The van der Waals surface area contributed by atoms with Gasteiger partial charge in [0, 0.05) is 18.0 Å². The summed E-state index contributed by atoms with van der Waals surface area (Å²) in [6.07, 6.45) is 1.01. The first-order valence-electron chi connectivity index (χ1n) is 6.96. The molecule has 0 spiro atoms. The second-order valence-electron chi connectivity index (χ2n) is 5.17. The third-order valence-electron chi connectivity index (χ3n) is 2.63. The molecule has 1 aromatic heterocycles. The molecule has 6 heteroatoms. The summed E-state index contributed by atoms with van der Waals surface area (Å²) in [6, 6.07) is 10.3. The highest BCUT2D eigenvalue weighted by Gasteiger charge is 2.07. The fourth-order valence-electron chi connectivity index (χ4n) is 1.60. The number of nitrogens with zero attached hydrogens (tertiary/aromatic N) is 1. The second-order valence-corrected chi connectivity index (χ2v) is 5.17. The third kappa shape index (κ3) is 4.97. The number of hydrogen-bond acceptors (Lipinski definition) is 5. The first-order valence-corrected chi connectivity index (χ1v) is 6.96. The lowest BCUT2D eigenvalue weighted by atomic mass is 10.2. The molecular weight excluding hydrogens is 282 g/mol. The van der Waals surface area contributed by atoms with Gasteiger partial charge in [0.15, 0.2) is 0 Å². The van der Waals surface area contributed by atoms with Gasteiger partial charge in [-0.1, -0.05) is 13.8 Å². The van der Waals surface area contributed by atoms with Crippen molar-refractivity contribution in [2.45, 2.75) is 13.8 Å². The Balaban J connectivity index is 1.97. The van der Waals surface area contributed by atoms with Crippen LogP contribution >= 0.6 is 0 Å². The van der Waals surface area contributed by atoms with Gasteiger partial charge in [-0.3, -0.25) is 5.32 Å². The maximum atomic E-state index is 11.6. The standard InChI is InChI=1S/C16H19N3O3/c1-11(2)10-21-16(20)19-15-9-14(7-8-18-15)22-13-5-3-12(17)4-6-13/h3-9,11H,10,17H2,1-2H3,(H,18,19,20). The van der Waals surface area contributed by atoms with E-state index in [1.165, 1.54) is 0 Å². The Morgan fingerprint density at radius 2 is 1.95 bits per heavy atom. The molecule has 0 bridgehead atoms. The number of hydrogen-bond donors (Lipinski definition) is 2. The van der Waals surface area contributed by atoms with Crippen molar-refractivity contribution in [2.24, 2.45) is 5.92 Å². The van der Waals surface area contributed by atoms with E-state index in [4.69, 9.17) is 15.2 Å². The molecule has 0 atom stereocenters. The molecule has 0 aliphatic rings. The summed E-state index contributed by atoms with van der Waals surface area (Å²) in [7, 11) is 0. The third-order valence-corrected chi connectivity index (χ3v) is 2.63. The van der Waals surface area contributed by atoms with Gasteiger partial charge in [0.05, 0.1) is 6.61 Å². The summed E-state index contributed by atoms with van der Waals surface area (Å²) in [6.45, 7) is 4.28. The van der Waals surface area contributed by atoms with E-state index in [0.717, 1.165) is 0 Å². The average Bonchev–Trinajstić information content (AvgIpc) is 2.48. The Morgan fingerprint density at radius 3 is 2.64 bits per heavy atom. The van der Waals surface area contributed by atoms with Crippen molar-refractivity contribution in [1.29, 1.82) is 0 Å². The number of benzene rings is 1. The van der Waals surface area contributed by atoms with Crippen LogP contribution in [0.25, 0.3) is 0 Å². The Hall–Kier alpha value is -2.76. The van der Waals surface area contributed by atoms with Crippen LogP contribution < -0.4 is 15.8 Å². The molecule has 1 heterocycles. The van der Waals surface area contributed by atoms with Crippen LogP contribution in [0.5, 0.6) is 11.5 Å². The topological polar surface area (TPSA) is 86.5 Å². The number of carbonyl (C=O) groups is 1. The maximum absolute atomic E-state index is 11.6. The van der Waals surface area contributed by atoms with Crippen molar-refractivity contribution in [3.05, 3.63) is 42.6 Å². The minimum Gasteiger partial charge on any atom is -0.457 e. The van der Waals surface area contributed by atoms with Crippen molar-refractivity contribution in [3.63, 3.8) is 0 Å². The molecule has 3 N–H and O–H groups in total. The van der Waals surface area contributed by atoms with Gasteiger partial charge in [-0.25, -0.2) is 9.78 Å². The van der Waals surface area contributed by atoms with Gasteiger partial charge in [0.1, 0.15) is 17.3 Å². The molecule has 2 rings (SSSR count). The molecular formula is C16H19N3O3. The number of carbonyl (C=O) groups excluding carboxylic acids is 1. The largest absolute Gasteiger partial charge is 0.457 e. The zero-order valence-electron chi connectivity index (χ0n) is 12.6. The second kappa shape index (κ2) is 7.31. The molecule has 6 nitrogen and oxygen atoms in total. The number of nitrogens with one attached hydrogen (secondary N) is 1. The van der Waals surface area contributed by atoms with Gasteiger partial charge in [0.25, 0.3) is 0 Å². The number of ether oxygens (including phenoxy) is 2. The number of anilines is 2. The summed E-state index contributed by atoms with van der Waals surface area (Å²) >= 11 is 0. The minimum atomic E-state index is -0.536. The zero-order valence-corrected chi connectivity index (χ0v) is 12.6. The summed E-state index contributed by atoms with van der Waals surface area (Å²) < 4.78 is 10.7. The SMILES string of the molecule is CC(C)COC(=O)Nc1cc(Oc2ccc(N)cc2)ccn1. The van der Waals surface area contributed by atoms with Crippen LogP contribution in [-0.4, -0.2) is 17.7 Å². The summed E-state index contributed by atoms with van der Waals surface area (Å²) in [5.41, 5.74) is 6.29. The predicted molar refractivity (Wildman–Crippen MR) is 85.0 cm³/mol. The Bertz CT molecular complexity index is 627. The van der Waals surface area contributed by atoms with Gasteiger partial charge in [0.2, 0.25) is 0 Å². The van der Waals surface area contributed by atoms with E-state index in [-0.39, 0.29) is 5.92 Å². The first kappa shape index (κ1) is 15.6. The Morgan fingerprint density at radius 1 is 1.23 bits per heavy atom. The van der Waals surface area contributed by atoms with Crippen LogP contribution in [0.1, 0.15) is 13.8 Å². The molecule has 116 valence electrons. The van der Waals surface area contributed by atoms with Crippen LogP contribution in [0, 0.1) is 5.92 Å². The van der Waals surface area contributed by atoms with Gasteiger partial charge in [-0.2, -0.15) is 0 Å². The number of nitrogen functional groups attached to an aromatic ring is 1. The van der Waals surface area contributed by atoms with Gasteiger partial charge < -0.3 is 15.2 Å². The fourth-order valence-corrected chi connectivity index (χ4v) is 1.60. The van der Waals surface area contributed by atoms with Crippen LogP contribution in [-0.2, 0) is 4.74 Å². The van der Waals surface area contributed by atoms with Crippen molar-refractivity contribution in [1.82, 2.24) is 4.98 Å². The van der Waals surface area contributed by atoms with Gasteiger partial charge in [-0.05, 0) is 36.2 Å². The van der Waals surface area contributed by atoms with Crippen molar-refractivity contribution in [2.75, 3.05) is 17.7 Å². The molecule has 0 aliphatic carbocycles. The number of pyridine rings is 1. The van der Waals surface area contributed by atoms with E-state index in [1.54, 1.807) is 42.6 Å². The van der Waals surface area contributed by atoms with Crippen molar-refractivity contribution < 1.29 is 14.3 Å². The lowest BCUT2D eigenvalue weighted by Gasteiger charge is -2.10. The van der Waals surface area contributed by atoms with E-state index < -0.39 is 6.09 Å². The average molecular weight is 301 g/mol. The van der Waals surface area contributed by atoms with E-state index in [0.29, 0.717) is 29.6 Å². The molecule has 0 fully saturated rings. The predicted octanol–water partition coefficient (Wildman–Crippen LogP) is 3.66. The molecule has 0 aliphatic heterocycles. The first-order chi connectivity index (χ1) is 10.5. The molecule has 2 aromatic rings. The minimum absolute atomic E-state index is 0.277. The van der Waals surface area contributed by atoms with Crippen LogP contribution in [0.3, 0.4) is 0 Å². The summed E-state index contributed by atoms with van der Waals surface area (Å²) in [5.74, 6) is 1.84.